The van der Waals surface area contributed by atoms with Gasteiger partial charge in [-0.05, 0) is 98.1 Å². The lowest BCUT2D eigenvalue weighted by atomic mass is 9.88. The summed E-state index contributed by atoms with van der Waals surface area (Å²) >= 11 is 0. The van der Waals surface area contributed by atoms with Crippen molar-refractivity contribution < 1.29 is 4.42 Å². The number of aliphatic imine (C=N–C) groups is 1. The average molecular weight is 602 g/mol. The second kappa shape index (κ2) is 11.4. The number of allylic oxidation sites excluding steroid dienone is 1. The van der Waals surface area contributed by atoms with Crippen molar-refractivity contribution in [1.29, 1.82) is 0 Å². The zero-order chi connectivity index (χ0) is 31.2. The molecule has 0 fully saturated rings. The molecule has 1 aliphatic heterocycles. The van der Waals surface area contributed by atoms with Gasteiger partial charge in [-0.2, -0.15) is 0 Å². The van der Waals surface area contributed by atoms with Gasteiger partial charge in [0.2, 0.25) is 0 Å². The standard InChI is InChI=1S/C45H31NO/c1-4-11-30(12-5-1)33-19-20-35-26-36(22-21-34(35)25-33)37-23-24-43-40(27-37)45-39(17-10-18-44(45)47-43)38-28-41(31-13-6-2-7-14-31)46-42(29-38)32-15-8-3-9-16-32/h1-28,42H,29H2. The van der Waals surface area contributed by atoms with Gasteiger partial charge in [-0.15, -0.1) is 0 Å². The topological polar surface area (TPSA) is 25.5 Å². The Morgan fingerprint density at radius 3 is 1.83 bits per heavy atom. The third-order valence-corrected chi connectivity index (χ3v) is 9.39. The predicted molar refractivity (Wildman–Crippen MR) is 197 cm³/mol. The normalized spacial score (nSPS) is 14.8. The van der Waals surface area contributed by atoms with Crippen LogP contribution in [0.5, 0.6) is 0 Å². The van der Waals surface area contributed by atoms with Crippen molar-refractivity contribution in [2.24, 2.45) is 4.99 Å². The lowest BCUT2D eigenvalue weighted by molar-refractivity contribution is 0.669. The van der Waals surface area contributed by atoms with E-state index < -0.39 is 0 Å². The number of nitrogens with zero attached hydrogens (tertiary/aromatic N) is 1. The molecule has 1 aromatic heterocycles. The molecule has 1 unspecified atom stereocenters. The summed E-state index contributed by atoms with van der Waals surface area (Å²) in [5, 5.41) is 4.76. The Morgan fingerprint density at radius 1 is 0.489 bits per heavy atom. The minimum Gasteiger partial charge on any atom is -0.456 e. The molecular weight excluding hydrogens is 571 g/mol. The number of furan rings is 1. The van der Waals surface area contributed by atoms with Crippen molar-refractivity contribution in [3.05, 3.63) is 187 Å². The number of rotatable bonds is 5. The Labute approximate surface area is 274 Å². The SMILES string of the molecule is C1=C(c2cccc3oc4ccc(-c5ccc6cc(-c7ccccc7)ccc6c5)cc4c23)CC(c2ccccc2)N=C1c1ccccc1. The molecule has 0 spiro atoms. The molecule has 47 heavy (non-hydrogen) atoms. The van der Waals surface area contributed by atoms with E-state index in [2.05, 4.69) is 170 Å². The largest absolute Gasteiger partial charge is 0.456 e. The molecule has 2 heteroatoms. The van der Waals surface area contributed by atoms with E-state index in [0.29, 0.717) is 0 Å². The van der Waals surface area contributed by atoms with Gasteiger partial charge in [-0.25, -0.2) is 0 Å². The third kappa shape index (κ3) is 5.05. The summed E-state index contributed by atoms with van der Waals surface area (Å²) in [6.07, 6.45) is 3.10. The molecule has 7 aromatic carbocycles. The van der Waals surface area contributed by atoms with Crippen molar-refractivity contribution in [1.82, 2.24) is 0 Å². The fourth-order valence-electron chi connectivity index (χ4n) is 7.01. The fraction of sp³-hybridized carbons (Fsp3) is 0.0444. The zero-order valence-electron chi connectivity index (χ0n) is 25.8. The van der Waals surface area contributed by atoms with Crippen LogP contribution in [0.15, 0.2) is 179 Å². The van der Waals surface area contributed by atoms with Crippen molar-refractivity contribution >= 4 is 44.0 Å². The summed E-state index contributed by atoms with van der Waals surface area (Å²) in [5.74, 6) is 0. The van der Waals surface area contributed by atoms with Gasteiger partial charge in [0, 0.05) is 10.8 Å². The summed E-state index contributed by atoms with van der Waals surface area (Å²) in [6.45, 7) is 0. The number of hydrogen-bond acceptors (Lipinski definition) is 2. The Bertz CT molecular complexity index is 2470. The van der Waals surface area contributed by atoms with Crippen molar-refractivity contribution in [3.63, 3.8) is 0 Å². The van der Waals surface area contributed by atoms with E-state index in [9.17, 15) is 0 Å². The molecule has 0 N–H and O–H groups in total. The Kier molecular flexibility index (Phi) is 6.64. The highest BCUT2D eigenvalue weighted by atomic mass is 16.3. The van der Waals surface area contributed by atoms with Crippen LogP contribution in [-0.2, 0) is 0 Å². The molecule has 0 bridgehead atoms. The van der Waals surface area contributed by atoms with Gasteiger partial charge < -0.3 is 4.42 Å². The second-order valence-electron chi connectivity index (χ2n) is 12.3. The molecule has 0 aliphatic carbocycles. The summed E-state index contributed by atoms with van der Waals surface area (Å²) in [4.78, 5) is 5.25. The monoisotopic (exact) mass is 601 g/mol. The molecule has 0 amide bonds. The quantitative estimate of drug-likeness (QED) is 0.193. The molecule has 1 atom stereocenters. The summed E-state index contributed by atoms with van der Waals surface area (Å²) in [5.41, 5.74) is 12.5. The van der Waals surface area contributed by atoms with Crippen molar-refractivity contribution in [3.8, 4) is 22.3 Å². The van der Waals surface area contributed by atoms with Crippen LogP contribution in [0.25, 0.3) is 60.5 Å². The van der Waals surface area contributed by atoms with Gasteiger partial charge in [0.1, 0.15) is 11.2 Å². The van der Waals surface area contributed by atoms with E-state index in [-0.39, 0.29) is 6.04 Å². The van der Waals surface area contributed by atoms with E-state index in [1.165, 1.54) is 49.7 Å². The molecule has 8 aromatic rings. The first-order chi connectivity index (χ1) is 23.3. The molecule has 2 nitrogen and oxygen atoms in total. The third-order valence-electron chi connectivity index (χ3n) is 9.39. The predicted octanol–water partition coefficient (Wildman–Crippen LogP) is 12.1. The van der Waals surface area contributed by atoms with Crippen LogP contribution in [0, 0.1) is 0 Å². The average Bonchev–Trinajstić information content (AvgIpc) is 3.53. The maximum atomic E-state index is 6.47. The molecular formula is C45H31NO. The van der Waals surface area contributed by atoms with Crippen LogP contribution in [0.2, 0.25) is 0 Å². The fourth-order valence-corrected chi connectivity index (χ4v) is 7.01. The van der Waals surface area contributed by atoms with Crippen LogP contribution < -0.4 is 0 Å². The lowest BCUT2D eigenvalue weighted by Gasteiger charge is -2.23. The van der Waals surface area contributed by atoms with Crippen LogP contribution in [0.1, 0.15) is 29.2 Å². The Balaban J connectivity index is 1.15. The van der Waals surface area contributed by atoms with E-state index in [4.69, 9.17) is 9.41 Å². The van der Waals surface area contributed by atoms with Gasteiger partial charge in [-0.1, -0.05) is 133 Å². The maximum Gasteiger partial charge on any atom is 0.136 e. The van der Waals surface area contributed by atoms with Crippen LogP contribution in [0.3, 0.4) is 0 Å². The molecule has 0 saturated heterocycles. The molecule has 0 saturated carbocycles. The molecule has 0 radical (unpaired) electrons. The van der Waals surface area contributed by atoms with Gasteiger partial charge in [0.15, 0.2) is 0 Å². The van der Waals surface area contributed by atoms with Crippen LogP contribution in [-0.4, -0.2) is 5.71 Å². The van der Waals surface area contributed by atoms with E-state index in [1.807, 2.05) is 0 Å². The Hall–Kier alpha value is -5.99. The zero-order valence-corrected chi connectivity index (χ0v) is 25.8. The van der Waals surface area contributed by atoms with Gasteiger partial charge >= 0.3 is 0 Å². The number of dihydropyridines is 1. The summed E-state index contributed by atoms with van der Waals surface area (Å²) in [6, 6.07) is 58.3. The maximum absolute atomic E-state index is 6.47. The van der Waals surface area contributed by atoms with Gasteiger partial charge in [0.25, 0.3) is 0 Å². The van der Waals surface area contributed by atoms with Crippen molar-refractivity contribution in [2.75, 3.05) is 0 Å². The van der Waals surface area contributed by atoms with Crippen LogP contribution >= 0.6 is 0 Å². The number of hydrogen-bond donors (Lipinski definition) is 0. The summed E-state index contributed by atoms with van der Waals surface area (Å²) in [7, 11) is 0. The Morgan fingerprint density at radius 2 is 1.11 bits per heavy atom. The highest BCUT2D eigenvalue weighted by Crippen LogP contribution is 2.42. The first-order valence-electron chi connectivity index (χ1n) is 16.2. The van der Waals surface area contributed by atoms with E-state index >= 15 is 0 Å². The minimum absolute atomic E-state index is 0.0374. The molecule has 1 aliphatic rings. The first kappa shape index (κ1) is 27.3. The van der Waals surface area contributed by atoms with E-state index in [0.717, 1.165) is 39.6 Å². The highest BCUT2D eigenvalue weighted by Gasteiger charge is 2.23. The first-order valence-corrected chi connectivity index (χ1v) is 16.2. The molecule has 222 valence electrons. The second-order valence-corrected chi connectivity index (χ2v) is 12.3. The van der Waals surface area contributed by atoms with Gasteiger partial charge in [0.05, 0.1) is 11.8 Å². The molecule has 9 rings (SSSR count). The minimum atomic E-state index is 0.0374. The molecule has 2 heterocycles. The van der Waals surface area contributed by atoms with Crippen molar-refractivity contribution in [2.45, 2.75) is 12.5 Å². The van der Waals surface area contributed by atoms with E-state index in [1.54, 1.807) is 0 Å². The van der Waals surface area contributed by atoms with Crippen LogP contribution in [0.4, 0.5) is 0 Å². The number of benzene rings is 7. The smallest absolute Gasteiger partial charge is 0.136 e. The lowest BCUT2D eigenvalue weighted by Crippen LogP contribution is -2.10. The number of fused-ring (bicyclic) bond motifs is 4. The summed E-state index contributed by atoms with van der Waals surface area (Å²) < 4.78 is 6.47. The van der Waals surface area contributed by atoms with Gasteiger partial charge in [-0.3, -0.25) is 4.99 Å². The highest BCUT2D eigenvalue weighted by molar-refractivity contribution is 6.17.